The molecule has 0 amide bonds. The highest BCUT2D eigenvalue weighted by Gasteiger charge is 2.41. The summed E-state index contributed by atoms with van der Waals surface area (Å²) in [6.07, 6.45) is 16.7. The fourth-order valence-corrected chi connectivity index (χ4v) is 4.22. The van der Waals surface area contributed by atoms with Gasteiger partial charge in [-0.3, -0.25) is 14.9 Å². The van der Waals surface area contributed by atoms with Crippen LogP contribution in [0.2, 0.25) is 0 Å². The number of hydrogen-bond donors (Lipinski definition) is 2. The lowest BCUT2D eigenvalue weighted by molar-refractivity contribution is 0.189. The maximum atomic E-state index is 9.07. The fraction of sp³-hybridized carbons (Fsp3) is 0.571. The summed E-state index contributed by atoms with van der Waals surface area (Å²) >= 11 is 0. The van der Waals surface area contributed by atoms with Gasteiger partial charge in [-0.2, -0.15) is 0 Å². The largest absolute Gasteiger partial charge is 0.404 e. The maximum Gasteiger partial charge on any atom is 0.0955 e. The smallest absolute Gasteiger partial charge is 0.0955 e. The average molecular weight is 367 g/mol. The van der Waals surface area contributed by atoms with Gasteiger partial charge in [0.1, 0.15) is 0 Å². The highest BCUT2D eigenvalue weighted by molar-refractivity contribution is 6.44. The first-order valence-corrected chi connectivity index (χ1v) is 10.1. The number of piperidine rings is 1. The Bertz CT molecular complexity index is 725. The van der Waals surface area contributed by atoms with E-state index in [4.69, 9.17) is 20.8 Å². The lowest BCUT2D eigenvalue weighted by Gasteiger charge is -2.30. The van der Waals surface area contributed by atoms with Gasteiger partial charge in [0, 0.05) is 49.9 Å². The van der Waals surface area contributed by atoms with E-state index in [0.29, 0.717) is 24.6 Å². The number of hydrogen-bond acceptors (Lipinski definition) is 6. The van der Waals surface area contributed by atoms with Gasteiger partial charge in [0.05, 0.1) is 23.5 Å². The average Bonchev–Trinajstić information content (AvgIpc) is 3.48. The van der Waals surface area contributed by atoms with E-state index in [1.807, 2.05) is 24.6 Å². The molecule has 3 atom stereocenters. The molecule has 0 spiro atoms. The van der Waals surface area contributed by atoms with Crippen molar-refractivity contribution in [1.29, 1.82) is 0 Å². The van der Waals surface area contributed by atoms with Crippen LogP contribution >= 0.6 is 0 Å². The van der Waals surface area contributed by atoms with Crippen LogP contribution in [0.1, 0.15) is 32.1 Å². The van der Waals surface area contributed by atoms with Crippen molar-refractivity contribution in [2.45, 2.75) is 50.2 Å². The number of fused-ring (bicyclic) bond motifs is 1. The van der Waals surface area contributed by atoms with Crippen LogP contribution in [0.25, 0.3) is 0 Å². The van der Waals surface area contributed by atoms with E-state index in [-0.39, 0.29) is 6.04 Å². The van der Waals surface area contributed by atoms with Crippen LogP contribution in [0.15, 0.2) is 50.7 Å². The zero-order valence-corrected chi connectivity index (χ0v) is 15.7. The molecular weight excluding hydrogens is 338 g/mol. The topological polar surface area (TPSA) is 86.6 Å². The Morgan fingerprint density at radius 1 is 1.37 bits per heavy atom. The molecule has 4 aliphatic rings. The maximum absolute atomic E-state index is 9.07. The van der Waals surface area contributed by atoms with Gasteiger partial charge < -0.3 is 10.8 Å². The predicted octanol–water partition coefficient (Wildman–Crippen LogP) is 1.87. The van der Waals surface area contributed by atoms with Crippen molar-refractivity contribution in [2.75, 3.05) is 19.7 Å². The van der Waals surface area contributed by atoms with Crippen LogP contribution in [0.4, 0.5) is 0 Å². The number of nitrogens with zero attached hydrogens (tertiary/aromatic N) is 4. The van der Waals surface area contributed by atoms with Gasteiger partial charge >= 0.3 is 0 Å². The minimum atomic E-state index is 0.149. The van der Waals surface area contributed by atoms with Gasteiger partial charge in [0.25, 0.3) is 0 Å². The van der Waals surface area contributed by atoms with Crippen molar-refractivity contribution < 1.29 is 5.11 Å². The number of aliphatic imine (C=N–C) groups is 3. The molecule has 3 N–H and O–H groups in total. The molecule has 6 heteroatoms. The minimum Gasteiger partial charge on any atom is -0.404 e. The zero-order chi connectivity index (χ0) is 18.6. The van der Waals surface area contributed by atoms with Crippen molar-refractivity contribution in [3.8, 4) is 0 Å². The Kier molecular flexibility index (Phi) is 5.64. The number of aliphatic hydroxyl groups is 1. The third-order valence-electron chi connectivity index (χ3n) is 5.98. The molecule has 6 nitrogen and oxygen atoms in total. The number of likely N-dealkylation sites (tertiary alicyclic amines) is 1. The van der Waals surface area contributed by atoms with E-state index in [1.54, 1.807) is 6.20 Å². The number of allylic oxidation sites excluding steroid dienone is 3. The summed E-state index contributed by atoms with van der Waals surface area (Å²) in [5, 5.41) is 9.07. The Balaban J connectivity index is 1.32. The molecule has 2 fully saturated rings. The molecule has 2 aliphatic heterocycles. The highest BCUT2D eigenvalue weighted by Crippen LogP contribution is 2.39. The van der Waals surface area contributed by atoms with Crippen molar-refractivity contribution in [2.24, 2.45) is 26.6 Å². The molecule has 1 saturated heterocycles. The van der Waals surface area contributed by atoms with Gasteiger partial charge in [0.15, 0.2) is 0 Å². The molecule has 2 heterocycles. The highest BCUT2D eigenvalue weighted by atomic mass is 16.3. The molecule has 2 aliphatic carbocycles. The summed E-state index contributed by atoms with van der Waals surface area (Å²) in [4.78, 5) is 16.7. The van der Waals surface area contributed by atoms with Gasteiger partial charge in [0.2, 0.25) is 0 Å². The van der Waals surface area contributed by atoms with E-state index in [2.05, 4.69) is 16.0 Å². The standard InChI is InChI=1S/C21H29N5O/c22-12-16(20-14-24-18-3-1-2-4-19(18)25-20)13-23-17-5-8-26(9-6-17)21-11-15(21)7-10-27/h1-2,4,12-15,17-18,21,27H,3,5-11,22H2. The van der Waals surface area contributed by atoms with E-state index in [0.717, 1.165) is 55.8 Å². The molecule has 0 bridgehead atoms. The summed E-state index contributed by atoms with van der Waals surface area (Å²) in [5.41, 5.74) is 8.47. The monoisotopic (exact) mass is 367 g/mol. The van der Waals surface area contributed by atoms with Crippen LogP contribution < -0.4 is 5.73 Å². The first-order valence-electron chi connectivity index (χ1n) is 10.1. The third-order valence-corrected chi connectivity index (χ3v) is 5.98. The Labute approximate surface area is 161 Å². The van der Waals surface area contributed by atoms with E-state index in [9.17, 15) is 0 Å². The summed E-state index contributed by atoms with van der Waals surface area (Å²) in [7, 11) is 0. The Hall–Kier alpha value is -2.05. The lowest BCUT2D eigenvalue weighted by atomic mass is 10.0. The predicted molar refractivity (Wildman–Crippen MR) is 111 cm³/mol. The molecule has 27 heavy (non-hydrogen) atoms. The number of rotatable bonds is 6. The molecular formula is C21H29N5O. The van der Waals surface area contributed by atoms with Crippen LogP contribution in [0, 0.1) is 5.92 Å². The summed E-state index contributed by atoms with van der Waals surface area (Å²) in [5.74, 6) is 0.707. The quantitative estimate of drug-likeness (QED) is 0.703. The van der Waals surface area contributed by atoms with Gasteiger partial charge in [-0.1, -0.05) is 12.2 Å². The van der Waals surface area contributed by atoms with E-state index >= 15 is 0 Å². The van der Waals surface area contributed by atoms with Crippen molar-refractivity contribution >= 4 is 18.1 Å². The molecule has 0 radical (unpaired) electrons. The SMILES string of the molecule is NC=C(C=NC1CCN(C2CC2CCO)CC1)C1=NC2=CC=CCC2N=C1. The van der Waals surface area contributed by atoms with E-state index in [1.165, 1.54) is 6.42 Å². The summed E-state index contributed by atoms with van der Waals surface area (Å²) in [6, 6.07) is 1.19. The fourth-order valence-electron chi connectivity index (χ4n) is 4.22. The molecule has 144 valence electrons. The first kappa shape index (κ1) is 18.3. The molecule has 3 unspecified atom stereocenters. The first-order chi connectivity index (χ1) is 13.3. The molecule has 0 aromatic heterocycles. The normalized spacial score (nSPS) is 31.7. The zero-order valence-electron chi connectivity index (χ0n) is 15.7. The minimum absolute atomic E-state index is 0.149. The second-order valence-corrected chi connectivity index (χ2v) is 7.79. The Morgan fingerprint density at radius 2 is 2.22 bits per heavy atom. The van der Waals surface area contributed by atoms with E-state index < -0.39 is 0 Å². The van der Waals surface area contributed by atoms with Gasteiger partial charge in [-0.25, -0.2) is 4.99 Å². The van der Waals surface area contributed by atoms with Crippen LogP contribution in [0.3, 0.4) is 0 Å². The van der Waals surface area contributed by atoms with Crippen LogP contribution in [0.5, 0.6) is 0 Å². The van der Waals surface area contributed by atoms with Crippen molar-refractivity contribution in [1.82, 2.24) is 4.90 Å². The van der Waals surface area contributed by atoms with Crippen LogP contribution in [-0.4, -0.2) is 66.0 Å². The molecule has 0 aromatic rings. The third kappa shape index (κ3) is 4.28. The lowest BCUT2D eigenvalue weighted by Crippen LogP contribution is -2.37. The number of aliphatic hydroxyl groups excluding tert-OH is 1. The molecule has 0 aromatic carbocycles. The van der Waals surface area contributed by atoms with Gasteiger partial charge in [-0.05, 0) is 44.1 Å². The number of nitrogens with two attached hydrogens (primary N) is 1. The molecule has 1 saturated carbocycles. The summed E-state index contributed by atoms with van der Waals surface area (Å²) in [6.45, 7) is 2.51. The molecule has 4 rings (SSSR count). The van der Waals surface area contributed by atoms with Gasteiger partial charge in [-0.15, -0.1) is 0 Å². The van der Waals surface area contributed by atoms with Crippen LogP contribution in [-0.2, 0) is 0 Å². The van der Waals surface area contributed by atoms with Crippen molar-refractivity contribution in [3.63, 3.8) is 0 Å². The van der Waals surface area contributed by atoms with Crippen molar-refractivity contribution in [3.05, 3.63) is 35.7 Å². The Morgan fingerprint density at radius 3 is 3.00 bits per heavy atom. The second kappa shape index (κ2) is 8.31. The summed E-state index contributed by atoms with van der Waals surface area (Å²) < 4.78 is 0. The second-order valence-electron chi connectivity index (χ2n) is 7.79.